The number of amides is 1. The molecule has 108 valence electrons. The number of hydrogen-bond acceptors (Lipinski definition) is 2. The molecule has 1 aliphatic rings. The molecule has 21 heavy (non-hydrogen) atoms. The summed E-state index contributed by atoms with van der Waals surface area (Å²) >= 11 is 3.39. The molecule has 2 aromatic carbocycles. The Morgan fingerprint density at radius 2 is 1.90 bits per heavy atom. The Labute approximate surface area is 132 Å². The molecule has 0 unspecified atom stereocenters. The standard InChI is InChI=1S/C17H17BrN2O/c1-17(2)12-5-3-4-6-15(12)20(16(17)21)10-11-7-8-13(18)14(19)9-11/h3-9H,10,19H2,1-2H3. The van der Waals surface area contributed by atoms with Crippen LogP contribution in [0.25, 0.3) is 0 Å². The molecule has 1 aliphatic heterocycles. The Bertz CT molecular complexity index is 724. The molecule has 0 saturated heterocycles. The predicted octanol–water partition coefficient (Wildman–Crippen LogP) is 3.86. The fourth-order valence-electron chi connectivity index (χ4n) is 2.83. The van der Waals surface area contributed by atoms with Gasteiger partial charge in [-0.2, -0.15) is 0 Å². The third kappa shape index (κ3) is 2.23. The van der Waals surface area contributed by atoms with Crippen LogP contribution in [0, 0.1) is 0 Å². The lowest BCUT2D eigenvalue weighted by molar-refractivity contribution is -0.122. The molecule has 2 N–H and O–H groups in total. The summed E-state index contributed by atoms with van der Waals surface area (Å²) in [5, 5.41) is 0. The SMILES string of the molecule is CC1(C)C(=O)N(Cc2ccc(Br)c(N)c2)c2ccccc21. The van der Waals surface area contributed by atoms with Gasteiger partial charge in [-0.3, -0.25) is 4.79 Å². The summed E-state index contributed by atoms with van der Waals surface area (Å²) in [6.45, 7) is 4.49. The molecular weight excluding hydrogens is 328 g/mol. The number of carbonyl (C=O) groups is 1. The molecule has 0 atom stereocenters. The maximum absolute atomic E-state index is 12.7. The molecular formula is C17H17BrN2O. The van der Waals surface area contributed by atoms with E-state index >= 15 is 0 Å². The number of fused-ring (bicyclic) bond motifs is 1. The molecule has 1 heterocycles. The highest BCUT2D eigenvalue weighted by Crippen LogP contribution is 2.42. The van der Waals surface area contributed by atoms with Crippen LogP contribution in [0.2, 0.25) is 0 Å². The Hall–Kier alpha value is -1.81. The summed E-state index contributed by atoms with van der Waals surface area (Å²) in [6, 6.07) is 13.8. The average Bonchev–Trinajstić information content (AvgIpc) is 2.65. The minimum Gasteiger partial charge on any atom is -0.398 e. The van der Waals surface area contributed by atoms with Gasteiger partial charge in [0.25, 0.3) is 0 Å². The van der Waals surface area contributed by atoms with Crippen LogP contribution in [0.1, 0.15) is 25.0 Å². The number of nitrogens with zero attached hydrogens (tertiary/aromatic N) is 1. The van der Waals surface area contributed by atoms with Gasteiger partial charge in [0.05, 0.1) is 12.0 Å². The van der Waals surface area contributed by atoms with E-state index in [4.69, 9.17) is 5.73 Å². The molecule has 0 radical (unpaired) electrons. The quantitative estimate of drug-likeness (QED) is 0.841. The smallest absolute Gasteiger partial charge is 0.237 e. The molecule has 0 bridgehead atoms. The average molecular weight is 345 g/mol. The molecule has 0 saturated carbocycles. The van der Waals surface area contributed by atoms with Crippen molar-refractivity contribution in [2.45, 2.75) is 25.8 Å². The number of nitrogens with two attached hydrogens (primary N) is 1. The Morgan fingerprint density at radius 3 is 2.62 bits per heavy atom. The fourth-order valence-corrected chi connectivity index (χ4v) is 3.08. The second-order valence-corrected chi connectivity index (χ2v) is 6.74. The lowest BCUT2D eigenvalue weighted by Crippen LogP contribution is -2.35. The summed E-state index contributed by atoms with van der Waals surface area (Å²) in [5.41, 5.74) is 9.24. The number of anilines is 2. The largest absolute Gasteiger partial charge is 0.398 e. The van der Waals surface area contributed by atoms with Crippen LogP contribution in [-0.4, -0.2) is 5.91 Å². The third-order valence-electron chi connectivity index (χ3n) is 4.05. The van der Waals surface area contributed by atoms with Crippen LogP contribution in [0.3, 0.4) is 0 Å². The highest BCUT2D eigenvalue weighted by Gasteiger charge is 2.43. The second kappa shape index (κ2) is 4.88. The predicted molar refractivity (Wildman–Crippen MR) is 89.2 cm³/mol. The molecule has 2 aromatic rings. The Kier molecular flexibility index (Phi) is 3.29. The van der Waals surface area contributed by atoms with Gasteiger partial charge >= 0.3 is 0 Å². The zero-order valence-electron chi connectivity index (χ0n) is 12.1. The summed E-state index contributed by atoms with van der Waals surface area (Å²) in [7, 11) is 0. The number of carbonyl (C=O) groups excluding carboxylic acids is 1. The highest BCUT2D eigenvalue weighted by atomic mass is 79.9. The van der Waals surface area contributed by atoms with Crippen molar-refractivity contribution in [3.05, 3.63) is 58.1 Å². The van der Waals surface area contributed by atoms with Gasteiger partial charge in [-0.25, -0.2) is 0 Å². The van der Waals surface area contributed by atoms with Crippen LogP contribution in [0.5, 0.6) is 0 Å². The van der Waals surface area contributed by atoms with Crippen molar-refractivity contribution < 1.29 is 4.79 Å². The first kappa shape index (κ1) is 14.1. The molecule has 0 fully saturated rings. The third-order valence-corrected chi connectivity index (χ3v) is 4.77. The molecule has 0 spiro atoms. The minimum absolute atomic E-state index is 0.130. The van der Waals surface area contributed by atoms with Crippen LogP contribution in [-0.2, 0) is 16.8 Å². The first-order chi connectivity index (χ1) is 9.91. The van der Waals surface area contributed by atoms with Gasteiger partial charge in [0.1, 0.15) is 0 Å². The number of benzene rings is 2. The Morgan fingerprint density at radius 1 is 1.19 bits per heavy atom. The zero-order valence-corrected chi connectivity index (χ0v) is 13.6. The number of hydrogen-bond donors (Lipinski definition) is 1. The van der Waals surface area contributed by atoms with Crippen molar-refractivity contribution in [1.82, 2.24) is 0 Å². The molecule has 4 heteroatoms. The minimum atomic E-state index is -0.475. The highest BCUT2D eigenvalue weighted by molar-refractivity contribution is 9.10. The summed E-state index contributed by atoms with van der Waals surface area (Å²) in [5.74, 6) is 0.130. The molecule has 0 aromatic heterocycles. The number of rotatable bonds is 2. The maximum Gasteiger partial charge on any atom is 0.237 e. The van der Waals surface area contributed by atoms with Gasteiger partial charge in [0.2, 0.25) is 5.91 Å². The van der Waals surface area contributed by atoms with E-state index in [1.807, 2.05) is 61.2 Å². The van der Waals surface area contributed by atoms with Crippen LogP contribution in [0.4, 0.5) is 11.4 Å². The van der Waals surface area contributed by atoms with Crippen molar-refractivity contribution in [3.63, 3.8) is 0 Å². The topological polar surface area (TPSA) is 46.3 Å². The van der Waals surface area contributed by atoms with Crippen LogP contribution >= 0.6 is 15.9 Å². The molecule has 3 nitrogen and oxygen atoms in total. The van der Waals surface area contributed by atoms with Gasteiger partial charge in [-0.05, 0) is 59.1 Å². The van der Waals surface area contributed by atoms with E-state index in [0.29, 0.717) is 12.2 Å². The normalized spacial score (nSPS) is 16.1. The van der Waals surface area contributed by atoms with E-state index in [-0.39, 0.29) is 5.91 Å². The summed E-state index contributed by atoms with van der Waals surface area (Å²) in [6.07, 6.45) is 0. The van der Waals surface area contributed by atoms with Crippen LogP contribution < -0.4 is 10.6 Å². The van der Waals surface area contributed by atoms with Crippen LogP contribution in [0.15, 0.2) is 46.9 Å². The van der Waals surface area contributed by atoms with E-state index < -0.39 is 5.41 Å². The number of nitrogen functional groups attached to an aromatic ring is 1. The zero-order chi connectivity index (χ0) is 15.2. The van der Waals surface area contributed by atoms with E-state index in [1.165, 1.54) is 0 Å². The van der Waals surface area contributed by atoms with Gasteiger partial charge in [0.15, 0.2) is 0 Å². The number of halogens is 1. The van der Waals surface area contributed by atoms with Crippen molar-refractivity contribution >= 4 is 33.2 Å². The van der Waals surface area contributed by atoms with E-state index in [1.54, 1.807) is 0 Å². The summed E-state index contributed by atoms with van der Waals surface area (Å²) < 4.78 is 0.875. The monoisotopic (exact) mass is 344 g/mol. The van der Waals surface area contributed by atoms with Gasteiger partial charge in [-0.1, -0.05) is 24.3 Å². The van der Waals surface area contributed by atoms with Gasteiger partial charge in [0, 0.05) is 15.8 Å². The van der Waals surface area contributed by atoms with Gasteiger partial charge in [-0.15, -0.1) is 0 Å². The molecule has 1 amide bonds. The molecule has 0 aliphatic carbocycles. The van der Waals surface area contributed by atoms with Gasteiger partial charge < -0.3 is 10.6 Å². The molecule has 3 rings (SSSR count). The second-order valence-electron chi connectivity index (χ2n) is 5.89. The fraction of sp³-hybridized carbons (Fsp3) is 0.235. The Balaban J connectivity index is 1.99. The first-order valence-electron chi connectivity index (χ1n) is 6.86. The lowest BCUT2D eigenvalue weighted by atomic mass is 9.86. The van der Waals surface area contributed by atoms with Crippen molar-refractivity contribution in [2.24, 2.45) is 0 Å². The first-order valence-corrected chi connectivity index (χ1v) is 7.66. The van der Waals surface area contributed by atoms with Crippen molar-refractivity contribution in [3.8, 4) is 0 Å². The maximum atomic E-state index is 12.7. The lowest BCUT2D eigenvalue weighted by Gasteiger charge is -2.20. The summed E-state index contributed by atoms with van der Waals surface area (Å²) in [4.78, 5) is 14.6. The van der Waals surface area contributed by atoms with E-state index in [0.717, 1.165) is 21.3 Å². The number of para-hydroxylation sites is 1. The van der Waals surface area contributed by atoms with E-state index in [9.17, 15) is 4.79 Å². The van der Waals surface area contributed by atoms with Crippen molar-refractivity contribution in [1.29, 1.82) is 0 Å². The van der Waals surface area contributed by atoms with E-state index in [2.05, 4.69) is 15.9 Å². The van der Waals surface area contributed by atoms with Crippen molar-refractivity contribution in [2.75, 3.05) is 10.6 Å².